The third-order valence-electron chi connectivity index (χ3n) is 4.07. The van der Waals surface area contributed by atoms with Crippen LogP contribution >= 0.6 is 0 Å². The number of aromatic nitrogens is 2. The molecule has 1 atom stereocenters. The van der Waals surface area contributed by atoms with E-state index in [0.717, 1.165) is 6.07 Å². The Labute approximate surface area is 147 Å². The summed E-state index contributed by atoms with van der Waals surface area (Å²) in [5, 5.41) is 20.4. The zero-order chi connectivity index (χ0) is 18.7. The molecule has 0 radical (unpaired) electrons. The highest BCUT2D eigenvalue weighted by molar-refractivity contribution is 5.97. The Kier molecular flexibility index (Phi) is 4.74. The number of hydrogen-bond acceptors (Lipinski definition) is 7. The van der Waals surface area contributed by atoms with Crippen LogP contribution in [0.25, 0.3) is 0 Å². The van der Waals surface area contributed by atoms with E-state index in [0.29, 0.717) is 12.5 Å². The molecular weight excluding hydrogens is 342 g/mol. The number of piperazine rings is 1. The van der Waals surface area contributed by atoms with Crippen molar-refractivity contribution in [1.82, 2.24) is 14.9 Å². The van der Waals surface area contributed by atoms with E-state index in [2.05, 4.69) is 9.97 Å². The Balaban J connectivity index is 1.83. The summed E-state index contributed by atoms with van der Waals surface area (Å²) in [6.45, 7) is 0.519. The van der Waals surface area contributed by atoms with Gasteiger partial charge in [-0.2, -0.15) is 0 Å². The fourth-order valence-corrected chi connectivity index (χ4v) is 2.79. The zero-order valence-corrected chi connectivity index (χ0v) is 13.6. The van der Waals surface area contributed by atoms with E-state index in [1.165, 1.54) is 23.1 Å². The third kappa shape index (κ3) is 3.43. The molecule has 1 aromatic carbocycles. The molecule has 1 amide bonds. The van der Waals surface area contributed by atoms with Gasteiger partial charge < -0.3 is 14.9 Å². The molecular formula is C16H15N5O5. The van der Waals surface area contributed by atoms with Gasteiger partial charge in [0, 0.05) is 43.2 Å². The number of carboxylic acids is 1. The van der Waals surface area contributed by atoms with Crippen molar-refractivity contribution in [2.45, 2.75) is 6.04 Å². The molecule has 0 bridgehead atoms. The number of nitro groups is 1. The van der Waals surface area contributed by atoms with Crippen LogP contribution in [0.1, 0.15) is 10.4 Å². The minimum Gasteiger partial charge on any atom is -0.480 e. The molecule has 1 fully saturated rings. The van der Waals surface area contributed by atoms with Crippen molar-refractivity contribution >= 4 is 23.5 Å². The van der Waals surface area contributed by atoms with E-state index in [4.69, 9.17) is 0 Å². The van der Waals surface area contributed by atoms with Crippen molar-refractivity contribution in [3.8, 4) is 0 Å². The van der Waals surface area contributed by atoms with Gasteiger partial charge in [-0.25, -0.2) is 14.8 Å². The minimum atomic E-state index is -1.16. The highest BCUT2D eigenvalue weighted by Crippen LogP contribution is 2.20. The van der Waals surface area contributed by atoms with Crippen molar-refractivity contribution in [3.63, 3.8) is 0 Å². The molecule has 1 N–H and O–H groups in total. The van der Waals surface area contributed by atoms with E-state index in [9.17, 15) is 24.8 Å². The number of hydrogen-bond donors (Lipinski definition) is 1. The molecule has 2 aromatic rings. The van der Waals surface area contributed by atoms with Crippen LogP contribution in [-0.4, -0.2) is 62.5 Å². The molecule has 0 spiro atoms. The molecule has 1 aliphatic heterocycles. The molecule has 10 nitrogen and oxygen atoms in total. The molecule has 0 saturated carbocycles. The molecule has 3 rings (SSSR count). The monoisotopic (exact) mass is 357 g/mol. The van der Waals surface area contributed by atoms with Gasteiger partial charge in [-0.3, -0.25) is 14.9 Å². The summed E-state index contributed by atoms with van der Waals surface area (Å²) in [6.07, 6.45) is 3.11. The first kappa shape index (κ1) is 17.3. The molecule has 10 heteroatoms. The SMILES string of the molecule is O=C(O)C1CN(c2ncccn2)CCN1C(=O)c1cccc([N+](=O)[O-])c1. The number of rotatable bonds is 4. The van der Waals surface area contributed by atoms with Gasteiger partial charge in [0.15, 0.2) is 0 Å². The Hall–Kier alpha value is -3.56. The Morgan fingerprint density at radius 3 is 2.58 bits per heavy atom. The number of anilines is 1. The smallest absolute Gasteiger partial charge is 0.328 e. The van der Waals surface area contributed by atoms with Crippen LogP contribution in [0.2, 0.25) is 0 Å². The molecule has 1 unspecified atom stereocenters. The summed E-state index contributed by atoms with van der Waals surface area (Å²) in [5.41, 5.74) is -0.145. The van der Waals surface area contributed by atoms with E-state index in [1.807, 2.05) is 0 Å². The molecule has 1 aromatic heterocycles. The van der Waals surface area contributed by atoms with Gasteiger partial charge >= 0.3 is 5.97 Å². The first-order chi connectivity index (χ1) is 12.5. The third-order valence-corrected chi connectivity index (χ3v) is 4.07. The van der Waals surface area contributed by atoms with Crippen molar-refractivity contribution in [1.29, 1.82) is 0 Å². The van der Waals surface area contributed by atoms with Crippen LogP contribution in [0.15, 0.2) is 42.7 Å². The maximum Gasteiger partial charge on any atom is 0.328 e. The van der Waals surface area contributed by atoms with E-state index >= 15 is 0 Å². The topological polar surface area (TPSA) is 130 Å². The fraction of sp³-hybridized carbons (Fsp3) is 0.250. The first-order valence-electron chi connectivity index (χ1n) is 7.77. The highest BCUT2D eigenvalue weighted by Gasteiger charge is 2.36. The quantitative estimate of drug-likeness (QED) is 0.628. The second kappa shape index (κ2) is 7.13. The average molecular weight is 357 g/mol. The summed E-state index contributed by atoms with van der Waals surface area (Å²) in [6, 6.07) is 5.79. The Morgan fingerprint density at radius 2 is 1.92 bits per heavy atom. The number of amides is 1. The minimum absolute atomic E-state index is 0.0278. The second-order valence-electron chi connectivity index (χ2n) is 5.65. The fourth-order valence-electron chi connectivity index (χ4n) is 2.79. The molecule has 134 valence electrons. The zero-order valence-electron chi connectivity index (χ0n) is 13.6. The Bertz CT molecular complexity index is 844. The van der Waals surface area contributed by atoms with Gasteiger partial charge in [-0.05, 0) is 12.1 Å². The summed E-state index contributed by atoms with van der Waals surface area (Å²) in [4.78, 5) is 45.8. The number of carbonyl (C=O) groups excluding carboxylic acids is 1. The summed E-state index contributed by atoms with van der Waals surface area (Å²) in [5.74, 6) is -1.33. The summed E-state index contributed by atoms with van der Waals surface area (Å²) in [7, 11) is 0. The lowest BCUT2D eigenvalue weighted by atomic mass is 10.1. The number of nitro benzene ring substituents is 1. The van der Waals surface area contributed by atoms with Crippen LogP contribution in [0, 0.1) is 10.1 Å². The molecule has 26 heavy (non-hydrogen) atoms. The predicted molar refractivity (Wildman–Crippen MR) is 89.8 cm³/mol. The number of carboxylic acid groups (broad SMARTS) is 1. The number of benzene rings is 1. The Morgan fingerprint density at radius 1 is 1.19 bits per heavy atom. The molecule has 1 saturated heterocycles. The normalized spacial score (nSPS) is 17.0. The molecule has 1 aliphatic rings. The van der Waals surface area contributed by atoms with Crippen LogP contribution in [0.3, 0.4) is 0 Å². The van der Waals surface area contributed by atoms with Gasteiger partial charge in [-0.1, -0.05) is 6.07 Å². The van der Waals surface area contributed by atoms with Gasteiger partial charge in [-0.15, -0.1) is 0 Å². The van der Waals surface area contributed by atoms with E-state index < -0.39 is 22.8 Å². The standard InChI is InChI=1S/C16H15N5O5/c22-14(11-3-1-4-12(9-11)21(25)26)20-8-7-19(10-13(20)15(23)24)16-17-5-2-6-18-16/h1-6,9,13H,7-8,10H2,(H,23,24). The van der Waals surface area contributed by atoms with Crippen molar-refractivity contribution in [2.24, 2.45) is 0 Å². The first-order valence-corrected chi connectivity index (χ1v) is 7.77. The second-order valence-corrected chi connectivity index (χ2v) is 5.65. The van der Waals surface area contributed by atoms with Gasteiger partial charge in [0.25, 0.3) is 11.6 Å². The van der Waals surface area contributed by atoms with Crippen LogP contribution in [0.4, 0.5) is 11.6 Å². The van der Waals surface area contributed by atoms with E-state index in [1.54, 1.807) is 23.4 Å². The lowest BCUT2D eigenvalue weighted by molar-refractivity contribution is -0.384. The number of non-ortho nitro benzene ring substituents is 1. The van der Waals surface area contributed by atoms with Crippen LogP contribution in [0.5, 0.6) is 0 Å². The van der Waals surface area contributed by atoms with Gasteiger partial charge in [0.2, 0.25) is 5.95 Å². The average Bonchev–Trinajstić information content (AvgIpc) is 2.67. The number of aliphatic carboxylic acids is 1. The van der Waals surface area contributed by atoms with E-state index in [-0.39, 0.29) is 24.3 Å². The lowest BCUT2D eigenvalue weighted by Gasteiger charge is -2.39. The van der Waals surface area contributed by atoms with Crippen molar-refractivity contribution in [3.05, 3.63) is 58.4 Å². The lowest BCUT2D eigenvalue weighted by Crippen LogP contribution is -2.58. The van der Waals surface area contributed by atoms with Gasteiger partial charge in [0.05, 0.1) is 11.5 Å². The number of nitrogens with zero attached hydrogens (tertiary/aromatic N) is 5. The largest absolute Gasteiger partial charge is 0.480 e. The predicted octanol–water partition coefficient (Wildman–Crippen LogP) is 0.800. The van der Waals surface area contributed by atoms with Crippen LogP contribution in [-0.2, 0) is 4.79 Å². The van der Waals surface area contributed by atoms with Crippen LogP contribution < -0.4 is 4.90 Å². The summed E-state index contributed by atoms with van der Waals surface area (Å²) < 4.78 is 0. The molecule has 0 aliphatic carbocycles. The maximum atomic E-state index is 12.7. The maximum absolute atomic E-state index is 12.7. The van der Waals surface area contributed by atoms with Crippen molar-refractivity contribution in [2.75, 3.05) is 24.5 Å². The highest BCUT2D eigenvalue weighted by atomic mass is 16.6. The summed E-state index contributed by atoms with van der Waals surface area (Å²) >= 11 is 0. The molecule has 2 heterocycles. The van der Waals surface area contributed by atoms with Crippen molar-refractivity contribution < 1.29 is 19.6 Å². The van der Waals surface area contributed by atoms with Gasteiger partial charge in [0.1, 0.15) is 6.04 Å². The number of carbonyl (C=O) groups is 2.